The molecule has 1 fully saturated rings. The first-order valence-electron chi connectivity index (χ1n) is 9.37. The van der Waals surface area contributed by atoms with E-state index in [9.17, 15) is 13.2 Å². The van der Waals surface area contributed by atoms with Gasteiger partial charge < -0.3 is 9.80 Å². The maximum absolute atomic E-state index is 13.4. The second kappa shape index (κ2) is 7.09. The minimum Gasteiger partial charge on any atom is -0.339 e. The summed E-state index contributed by atoms with van der Waals surface area (Å²) in [5.41, 5.74) is 0.885. The summed E-state index contributed by atoms with van der Waals surface area (Å²) >= 11 is 0. The SMILES string of the molecule is CN1CCN(c2nc3c(c(=O)n2S(=O)(=O)c2ccccc2)CCCC3)CC1. The average Bonchev–Trinajstić information content (AvgIpc) is 2.69. The molecule has 2 aliphatic rings. The molecule has 0 atom stereocenters. The summed E-state index contributed by atoms with van der Waals surface area (Å²) in [5, 5.41) is 0. The molecule has 0 unspecified atom stereocenters. The maximum Gasteiger partial charge on any atom is 0.273 e. The molecule has 0 saturated carbocycles. The van der Waals surface area contributed by atoms with Gasteiger partial charge in [0.05, 0.1) is 10.6 Å². The van der Waals surface area contributed by atoms with E-state index in [4.69, 9.17) is 4.98 Å². The number of rotatable bonds is 3. The van der Waals surface area contributed by atoms with Gasteiger partial charge in [0, 0.05) is 31.7 Å². The van der Waals surface area contributed by atoms with Crippen molar-refractivity contribution in [1.82, 2.24) is 13.9 Å². The van der Waals surface area contributed by atoms with Crippen molar-refractivity contribution >= 4 is 16.0 Å². The predicted octanol–water partition coefficient (Wildman–Crippen LogP) is 1.11. The number of hydrogen-bond donors (Lipinski definition) is 0. The van der Waals surface area contributed by atoms with E-state index < -0.39 is 15.6 Å². The van der Waals surface area contributed by atoms with E-state index in [0.29, 0.717) is 25.1 Å². The fraction of sp³-hybridized carbons (Fsp3) is 0.474. The van der Waals surface area contributed by atoms with Crippen molar-refractivity contribution in [2.45, 2.75) is 30.6 Å². The zero-order valence-corrected chi connectivity index (χ0v) is 16.3. The molecule has 4 rings (SSSR count). The number of piperazine rings is 1. The van der Waals surface area contributed by atoms with Crippen LogP contribution in [0.15, 0.2) is 40.0 Å². The van der Waals surface area contributed by atoms with Crippen molar-refractivity contribution in [1.29, 1.82) is 0 Å². The fourth-order valence-corrected chi connectivity index (χ4v) is 5.15. The summed E-state index contributed by atoms with van der Waals surface area (Å²) in [5.74, 6) is 0.262. The molecule has 7 nitrogen and oxygen atoms in total. The number of fused-ring (bicyclic) bond motifs is 1. The number of aryl methyl sites for hydroxylation is 1. The standard InChI is InChI=1S/C19H24N4O3S/c1-21-11-13-22(14-12-21)19-20-17-10-6-5-9-16(17)18(24)23(19)27(25,26)15-7-3-2-4-8-15/h2-4,7-8H,5-6,9-14H2,1H3. The van der Waals surface area contributed by atoms with Gasteiger partial charge in [-0.15, -0.1) is 0 Å². The highest BCUT2D eigenvalue weighted by Crippen LogP contribution is 2.24. The van der Waals surface area contributed by atoms with Crippen LogP contribution >= 0.6 is 0 Å². The largest absolute Gasteiger partial charge is 0.339 e. The fourth-order valence-electron chi connectivity index (χ4n) is 3.74. The van der Waals surface area contributed by atoms with Gasteiger partial charge in [0.15, 0.2) is 0 Å². The Morgan fingerprint density at radius 2 is 1.63 bits per heavy atom. The molecular formula is C19H24N4O3S. The highest BCUT2D eigenvalue weighted by atomic mass is 32.2. The molecule has 0 radical (unpaired) electrons. The topological polar surface area (TPSA) is 75.5 Å². The van der Waals surface area contributed by atoms with Crippen molar-refractivity contribution in [3.05, 3.63) is 51.9 Å². The first kappa shape index (κ1) is 18.2. The third-order valence-corrected chi connectivity index (χ3v) is 7.04. The normalized spacial score (nSPS) is 18.3. The average molecular weight is 388 g/mol. The summed E-state index contributed by atoms with van der Waals surface area (Å²) in [7, 11) is -1.98. The van der Waals surface area contributed by atoms with Gasteiger partial charge in [-0.1, -0.05) is 18.2 Å². The number of benzene rings is 1. The maximum atomic E-state index is 13.4. The second-order valence-corrected chi connectivity index (χ2v) is 9.01. The van der Waals surface area contributed by atoms with Crippen LogP contribution in [0.5, 0.6) is 0 Å². The molecule has 27 heavy (non-hydrogen) atoms. The van der Waals surface area contributed by atoms with Gasteiger partial charge in [0.25, 0.3) is 15.6 Å². The van der Waals surface area contributed by atoms with Crippen LogP contribution in [0.2, 0.25) is 0 Å². The Hall–Kier alpha value is -2.19. The lowest BCUT2D eigenvalue weighted by Crippen LogP contribution is -2.48. The van der Waals surface area contributed by atoms with Crippen molar-refractivity contribution < 1.29 is 8.42 Å². The van der Waals surface area contributed by atoms with E-state index in [0.717, 1.165) is 42.0 Å². The van der Waals surface area contributed by atoms with Crippen LogP contribution in [0.4, 0.5) is 5.95 Å². The van der Waals surface area contributed by atoms with Crippen molar-refractivity contribution in [3.63, 3.8) is 0 Å². The number of likely N-dealkylation sites (N-methyl/N-ethyl adjacent to an activating group) is 1. The predicted molar refractivity (Wildman–Crippen MR) is 104 cm³/mol. The lowest BCUT2D eigenvalue weighted by atomic mass is 9.97. The summed E-state index contributed by atoms with van der Waals surface area (Å²) < 4.78 is 27.7. The van der Waals surface area contributed by atoms with Crippen molar-refractivity contribution in [2.24, 2.45) is 0 Å². The van der Waals surface area contributed by atoms with Gasteiger partial charge >= 0.3 is 0 Å². The highest BCUT2D eigenvalue weighted by Gasteiger charge is 2.30. The lowest BCUT2D eigenvalue weighted by molar-refractivity contribution is 0.310. The molecule has 0 N–H and O–H groups in total. The Morgan fingerprint density at radius 1 is 0.963 bits per heavy atom. The smallest absolute Gasteiger partial charge is 0.273 e. The molecule has 144 valence electrons. The van der Waals surface area contributed by atoms with E-state index in [1.807, 2.05) is 11.9 Å². The lowest BCUT2D eigenvalue weighted by Gasteiger charge is -2.34. The van der Waals surface area contributed by atoms with Crippen LogP contribution in [0.1, 0.15) is 24.1 Å². The highest BCUT2D eigenvalue weighted by molar-refractivity contribution is 7.90. The van der Waals surface area contributed by atoms with Crippen LogP contribution in [0.25, 0.3) is 0 Å². The van der Waals surface area contributed by atoms with Gasteiger partial charge in [-0.3, -0.25) is 4.79 Å². The van der Waals surface area contributed by atoms with Crippen LogP contribution < -0.4 is 10.5 Å². The quantitative estimate of drug-likeness (QED) is 0.784. The summed E-state index contributed by atoms with van der Waals surface area (Å²) in [6, 6.07) is 8.14. The molecule has 1 saturated heterocycles. The third-order valence-electron chi connectivity index (χ3n) is 5.37. The van der Waals surface area contributed by atoms with Gasteiger partial charge in [-0.05, 0) is 44.9 Å². The molecular weight excluding hydrogens is 364 g/mol. The number of hydrogen-bond acceptors (Lipinski definition) is 6. The van der Waals surface area contributed by atoms with Gasteiger partial charge in [0.2, 0.25) is 5.95 Å². The Bertz CT molecular complexity index is 994. The molecule has 2 aromatic rings. The summed E-state index contributed by atoms with van der Waals surface area (Å²) in [6.45, 7) is 2.90. The first-order valence-corrected chi connectivity index (χ1v) is 10.8. The Kier molecular flexibility index (Phi) is 4.77. The number of anilines is 1. The summed E-state index contributed by atoms with van der Waals surface area (Å²) in [4.78, 5) is 22.2. The van der Waals surface area contributed by atoms with Crippen molar-refractivity contribution in [3.8, 4) is 0 Å². The van der Waals surface area contributed by atoms with E-state index in [1.165, 1.54) is 12.1 Å². The molecule has 2 heterocycles. The zero-order valence-electron chi connectivity index (χ0n) is 15.5. The van der Waals surface area contributed by atoms with Gasteiger partial charge in [-0.25, -0.2) is 13.4 Å². The Labute approximate surface area is 159 Å². The van der Waals surface area contributed by atoms with E-state index in [1.54, 1.807) is 18.2 Å². The minimum atomic E-state index is -4.01. The molecule has 1 aromatic heterocycles. The minimum absolute atomic E-state index is 0.111. The molecule has 1 aliphatic heterocycles. The molecule has 0 spiro atoms. The monoisotopic (exact) mass is 388 g/mol. The van der Waals surface area contributed by atoms with Crippen LogP contribution in [-0.2, 0) is 22.9 Å². The Morgan fingerprint density at radius 3 is 2.33 bits per heavy atom. The second-order valence-electron chi connectivity index (χ2n) is 7.22. The van der Waals surface area contributed by atoms with Gasteiger partial charge in [-0.2, -0.15) is 3.97 Å². The van der Waals surface area contributed by atoms with Crippen LogP contribution in [-0.4, -0.2) is 55.5 Å². The molecule has 1 aromatic carbocycles. The van der Waals surface area contributed by atoms with Gasteiger partial charge in [0.1, 0.15) is 0 Å². The molecule has 0 bridgehead atoms. The zero-order chi connectivity index (χ0) is 19.0. The van der Waals surface area contributed by atoms with E-state index >= 15 is 0 Å². The molecule has 8 heteroatoms. The van der Waals surface area contributed by atoms with Crippen molar-refractivity contribution in [2.75, 3.05) is 38.1 Å². The molecule has 0 amide bonds. The van der Waals surface area contributed by atoms with E-state index in [-0.39, 0.29) is 10.8 Å². The number of aromatic nitrogens is 2. The third kappa shape index (κ3) is 3.27. The van der Waals surface area contributed by atoms with Crippen LogP contribution in [0.3, 0.4) is 0 Å². The molecule has 1 aliphatic carbocycles. The summed E-state index contributed by atoms with van der Waals surface area (Å²) in [6.07, 6.45) is 3.20. The Balaban J connectivity index is 1.92. The number of nitrogens with zero attached hydrogens (tertiary/aromatic N) is 4. The van der Waals surface area contributed by atoms with Crippen LogP contribution in [0, 0.1) is 0 Å². The first-order chi connectivity index (χ1) is 13.0. The van der Waals surface area contributed by atoms with E-state index in [2.05, 4.69) is 4.90 Å².